The number of esters is 2. The Morgan fingerprint density at radius 3 is 0.750 bits per heavy atom. The standard InChI is InChI=1S/C75H114O5/c1-3-5-7-9-11-13-15-17-19-21-23-25-27-29-31-33-35-36-37-38-40-42-44-46-48-50-52-54-56-58-60-62-64-66-68-70-75(78)80-73(71-76)72-79-74(77)69-67-65-63-61-59-57-55-53-51-49-47-45-43-41-39-34-32-30-28-26-24-22-20-18-16-14-12-10-8-6-4-2/h5-8,11-14,17-20,23-26,29-32,35-36,38-41,44-47,50,52,56,58,73,76H,3-4,9-10,15-16,21-22,27-28,33-34,37,42-43,48-49,51,53-55,57,59-72H2,1-2H3/b7-5-,8-6-,13-11-,14-12-,19-17-,20-18-,25-23-,26-24-,31-29-,32-30-,36-35-,40-38-,41-39-,46-44-,47-45-,52-50-,58-56-. The molecular formula is C75H114O5. The maximum atomic E-state index is 12.3. The summed E-state index contributed by atoms with van der Waals surface area (Å²) in [5.74, 6) is -0.643. The number of aliphatic hydroxyl groups is 1. The van der Waals surface area contributed by atoms with Gasteiger partial charge in [-0.15, -0.1) is 0 Å². The van der Waals surface area contributed by atoms with Crippen LogP contribution in [0.3, 0.4) is 0 Å². The minimum absolute atomic E-state index is 0.0942. The van der Waals surface area contributed by atoms with Crippen molar-refractivity contribution in [1.29, 1.82) is 0 Å². The second kappa shape index (κ2) is 67.8. The van der Waals surface area contributed by atoms with Gasteiger partial charge in [0.25, 0.3) is 0 Å². The molecule has 0 heterocycles. The van der Waals surface area contributed by atoms with Gasteiger partial charge in [0.15, 0.2) is 6.10 Å². The monoisotopic (exact) mass is 1090 g/mol. The molecule has 0 saturated heterocycles. The van der Waals surface area contributed by atoms with Crippen LogP contribution in [-0.2, 0) is 19.1 Å². The van der Waals surface area contributed by atoms with E-state index in [2.05, 4.69) is 220 Å². The van der Waals surface area contributed by atoms with Gasteiger partial charge in [-0.1, -0.05) is 278 Å². The van der Waals surface area contributed by atoms with E-state index in [1.807, 2.05) is 0 Å². The minimum atomic E-state index is -0.807. The van der Waals surface area contributed by atoms with E-state index in [-0.39, 0.29) is 25.2 Å². The molecule has 1 unspecified atom stereocenters. The summed E-state index contributed by atoms with van der Waals surface area (Å²) in [7, 11) is 0. The first-order valence-electron chi connectivity index (χ1n) is 31.6. The predicted octanol–water partition coefficient (Wildman–Crippen LogP) is 22.2. The molecule has 0 bridgehead atoms. The highest BCUT2D eigenvalue weighted by Gasteiger charge is 2.16. The van der Waals surface area contributed by atoms with E-state index < -0.39 is 6.10 Å². The molecule has 0 amide bonds. The second-order valence-corrected chi connectivity index (χ2v) is 20.0. The van der Waals surface area contributed by atoms with Crippen molar-refractivity contribution in [3.8, 4) is 0 Å². The lowest BCUT2D eigenvalue weighted by Crippen LogP contribution is -2.28. The highest BCUT2D eigenvalue weighted by Crippen LogP contribution is 2.13. The molecule has 5 heteroatoms. The summed E-state index contributed by atoms with van der Waals surface area (Å²) in [6, 6.07) is 0. The SMILES string of the molecule is CC/C=C\C/C=C\C/C=C\C/C=C\C/C=C\C/C=C\C/C=C\C/C=C\C/C=C\C/C=C\CCCCCCC(=O)OC(CO)COC(=O)CCCCCCCCCCC/C=C\C/C=C\C/C=C\C/C=C\C/C=C\C/C=C\C/C=C\CC. The number of carbonyl (C=O) groups excluding carboxylic acids is 2. The topological polar surface area (TPSA) is 72.8 Å². The van der Waals surface area contributed by atoms with Crippen LogP contribution in [-0.4, -0.2) is 36.4 Å². The van der Waals surface area contributed by atoms with Gasteiger partial charge in [-0.25, -0.2) is 0 Å². The molecule has 0 aliphatic carbocycles. The first-order valence-corrected chi connectivity index (χ1v) is 31.6. The third-order valence-corrected chi connectivity index (χ3v) is 12.6. The third kappa shape index (κ3) is 65.0. The van der Waals surface area contributed by atoms with E-state index in [1.54, 1.807) is 0 Å². The molecule has 0 radical (unpaired) electrons. The van der Waals surface area contributed by atoms with E-state index in [9.17, 15) is 14.7 Å². The zero-order valence-electron chi connectivity index (χ0n) is 50.7. The van der Waals surface area contributed by atoms with Crippen molar-refractivity contribution in [2.75, 3.05) is 13.2 Å². The average Bonchev–Trinajstić information content (AvgIpc) is 3.46. The quantitative estimate of drug-likeness (QED) is 0.0373. The van der Waals surface area contributed by atoms with Crippen molar-refractivity contribution < 1.29 is 24.2 Å². The van der Waals surface area contributed by atoms with Crippen LogP contribution in [0.4, 0.5) is 0 Å². The fourth-order valence-electron chi connectivity index (χ4n) is 7.92. The molecule has 0 aromatic heterocycles. The van der Waals surface area contributed by atoms with Crippen LogP contribution in [0.15, 0.2) is 207 Å². The smallest absolute Gasteiger partial charge is 0.306 e. The number of ether oxygens (including phenoxy) is 2. The van der Waals surface area contributed by atoms with Crippen molar-refractivity contribution in [1.82, 2.24) is 0 Å². The van der Waals surface area contributed by atoms with Gasteiger partial charge < -0.3 is 14.6 Å². The van der Waals surface area contributed by atoms with Gasteiger partial charge in [-0.2, -0.15) is 0 Å². The third-order valence-electron chi connectivity index (χ3n) is 12.6. The molecule has 80 heavy (non-hydrogen) atoms. The highest BCUT2D eigenvalue weighted by atomic mass is 16.6. The Labute approximate surface area is 491 Å². The highest BCUT2D eigenvalue weighted by molar-refractivity contribution is 5.70. The van der Waals surface area contributed by atoms with E-state index in [0.717, 1.165) is 167 Å². The Hall–Kier alpha value is -5.52. The van der Waals surface area contributed by atoms with Gasteiger partial charge in [0, 0.05) is 12.8 Å². The van der Waals surface area contributed by atoms with E-state index in [0.29, 0.717) is 12.8 Å². The molecule has 0 aliphatic rings. The molecule has 0 saturated carbocycles. The summed E-state index contributed by atoms with van der Waals surface area (Å²) in [4.78, 5) is 24.6. The zero-order chi connectivity index (χ0) is 57.6. The first-order chi connectivity index (χ1) is 39.6. The van der Waals surface area contributed by atoms with Gasteiger partial charge in [-0.05, 0) is 148 Å². The Bertz CT molecular complexity index is 1910. The lowest BCUT2D eigenvalue weighted by atomic mass is 10.1. The van der Waals surface area contributed by atoms with Crippen LogP contribution in [0, 0.1) is 0 Å². The van der Waals surface area contributed by atoms with Crippen LogP contribution in [0.1, 0.15) is 232 Å². The largest absolute Gasteiger partial charge is 0.462 e. The maximum absolute atomic E-state index is 12.3. The molecule has 444 valence electrons. The Balaban J connectivity index is 3.67. The van der Waals surface area contributed by atoms with Gasteiger partial charge in [0.1, 0.15) is 6.61 Å². The fourth-order valence-corrected chi connectivity index (χ4v) is 7.92. The van der Waals surface area contributed by atoms with Gasteiger partial charge in [0.2, 0.25) is 0 Å². The normalized spacial score (nSPS) is 13.7. The zero-order valence-corrected chi connectivity index (χ0v) is 50.7. The number of allylic oxidation sites excluding steroid dienone is 34. The molecule has 0 aromatic rings. The van der Waals surface area contributed by atoms with Crippen LogP contribution in [0.5, 0.6) is 0 Å². The van der Waals surface area contributed by atoms with Crippen LogP contribution in [0.25, 0.3) is 0 Å². The summed E-state index contributed by atoms with van der Waals surface area (Å²) in [6.45, 7) is 3.87. The number of hydrogen-bond donors (Lipinski definition) is 1. The summed E-state index contributed by atoms with van der Waals surface area (Å²) in [5.41, 5.74) is 0. The molecule has 1 atom stereocenters. The molecular weight excluding hydrogens is 981 g/mol. The maximum Gasteiger partial charge on any atom is 0.306 e. The van der Waals surface area contributed by atoms with Gasteiger partial charge in [0.05, 0.1) is 6.61 Å². The van der Waals surface area contributed by atoms with E-state index in [4.69, 9.17) is 9.47 Å². The first kappa shape index (κ1) is 74.5. The molecule has 0 spiro atoms. The molecule has 5 nitrogen and oxygen atoms in total. The molecule has 0 fully saturated rings. The van der Waals surface area contributed by atoms with Gasteiger partial charge in [-0.3, -0.25) is 9.59 Å². The van der Waals surface area contributed by atoms with Crippen molar-refractivity contribution in [3.63, 3.8) is 0 Å². The summed E-state index contributed by atoms with van der Waals surface area (Å²) in [5, 5.41) is 9.68. The average molecular weight is 1100 g/mol. The molecule has 1 N–H and O–H groups in total. The number of aliphatic hydroxyl groups excluding tert-OH is 1. The summed E-state index contributed by atoms with van der Waals surface area (Å²) < 4.78 is 10.7. The van der Waals surface area contributed by atoms with Crippen molar-refractivity contribution >= 4 is 11.9 Å². The van der Waals surface area contributed by atoms with Crippen LogP contribution in [0.2, 0.25) is 0 Å². The Morgan fingerprint density at radius 1 is 0.287 bits per heavy atom. The van der Waals surface area contributed by atoms with Crippen molar-refractivity contribution in [2.45, 2.75) is 238 Å². The number of hydrogen-bond acceptors (Lipinski definition) is 5. The fraction of sp³-hybridized carbons (Fsp3) is 0.520. The van der Waals surface area contributed by atoms with Crippen molar-refractivity contribution in [3.05, 3.63) is 207 Å². The Morgan fingerprint density at radius 2 is 0.500 bits per heavy atom. The van der Waals surface area contributed by atoms with Crippen LogP contribution >= 0.6 is 0 Å². The predicted molar refractivity (Wildman–Crippen MR) is 352 cm³/mol. The number of unbranched alkanes of at least 4 members (excludes halogenated alkanes) is 13. The molecule has 0 aromatic carbocycles. The summed E-state index contributed by atoms with van der Waals surface area (Å²) in [6.07, 6.45) is 109. The van der Waals surface area contributed by atoms with E-state index in [1.165, 1.54) is 38.5 Å². The number of carbonyl (C=O) groups is 2. The molecule has 0 rings (SSSR count). The second-order valence-electron chi connectivity index (χ2n) is 20.0. The Kier molecular flexibility index (Phi) is 63.1. The minimum Gasteiger partial charge on any atom is -0.462 e. The van der Waals surface area contributed by atoms with E-state index >= 15 is 0 Å². The van der Waals surface area contributed by atoms with Crippen molar-refractivity contribution in [2.24, 2.45) is 0 Å². The molecule has 0 aliphatic heterocycles. The lowest BCUT2D eigenvalue weighted by molar-refractivity contribution is -0.161. The summed E-state index contributed by atoms with van der Waals surface area (Å²) >= 11 is 0. The van der Waals surface area contributed by atoms with Gasteiger partial charge >= 0.3 is 11.9 Å². The number of rotatable bonds is 55. The lowest BCUT2D eigenvalue weighted by Gasteiger charge is -2.15. The van der Waals surface area contributed by atoms with Crippen LogP contribution < -0.4 is 0 Å².